The van der Waals surface area contributed by atoms with Crippen molar-refractivity contribution >= 4 is 6.03 Å². The van der Waals surface area contributed by atoms with Crippen LogP contribution in [0.3, 0.4) is 0 Å². The molecule has 38 heavy (non-hydrogen) atoms. The summed E-state index contributed by atoms with van der Waals surface area (Å²) in [5.41, 5.74) is 0.845. The smallest absolute Gasteiger partial charge is 0.336 e. The molecule has 1 aromatic heterocycles. The lowest BCUT2D eigenvalue weighted by Gasteiger charge is -2.20. The number of benzene rings is 3. The Bertz CT molecular complexity index is 1420. The summed E-state index contributed by atoms with van der Waals surface area (Å²) in [6.45, 7) is 0.172. The molecular formula is C28H26F3N5O2. The highest BCUT2D eigenvalue weighted by Gasteiger charge is 2.33. The van der Waals surface area contributed by atoms with E-state index in [1.807, 2.05) is 60.7 Å². The zero-order chi connectivity index (χ0) is 26.7. The number of halogens is 3. The topological polar surface area (TPSA) is 81.0 Å². The molecular weight excluding hydrogens is 495 g/mol. The van der Waals surface area contributed by atoms with E-state index < -0.39 is 23.5 Å². The summed E-state index contributed by atoms with van der Waals surface area (Å²) >= 11 is 0. The molecule has 1 heterocycles. The fourth-order valence-corrected chi connectivity index (χ4v) is 4.37. The predicted molar refractivity (Wildman–Crippen MR) is 136 cm³/mol. The fraction of sp³-hybridized carbons (Fsp3) is 0.250. The van der Waals surface area contributed by atoms with Crippen LogP contribution in [0.1, 0.15) is 41.6 Å². The number of aromatic nitrogens is 3. The minimum Gasteiger partial charge on any atom is -0.336 e. The number of urea groups is 1. The third kappa shape index (κ3) is 5.64. The summed E-state index contributed by atoms with van der Waals surface area (Å²) in [6.07, 6.45) is -2.98. The number of rotatable bonds is 8. The molecule has 5 rings (SSSR count). The average Bonchev–Trinajstić information content (AvgIpc) is 3.71. The predicted octanol–water partition coefficient (Wildman–Crippen LogP) is 5.15. The normalized spacial score (nSPS) is 13.5. The van der Waals surface area contributed by atoms with Gasteiger partial charge in [-0.05, 0) is 36.1 Å². The van der Waals surface area contributed by atoms with E-state index in [1.165, 1.54) is 21.4 Å². The Morgan fingerprint density at radius 3 is 2.16 bits per heavy atom. The quantitative estimate of drug-likeness (QED) is 0.336. The molecule has 7 nitrogen and oxygen atoms in total. The number of amides is 2. The molecule has 3 aromatic carbocycles. The van der Waals surface area contributed by atoms with Gasteiger partial charge in [0.1, 0.15) is 0 Å². The van der Waals surface area contributed by atoms with Gasteiger partial charge in [-0.2, -0.15) is 13.2 Å². The fourth-order valence-electron chi connectivity index (χ4n) is 4.37. The van der Waals surface area contributed by atoms with Gasteiger partial charge in [0.15, 0.2) is 5.82 Å². The first-order valence-corrected chi connectivity index (χ1v) is 12.3. The third-order valence-corrected chi connectivity index (χ3v) is 6.38. The van der Waals surface area contributed by atoms with Gasteiger partial charge in [-0.25, -0.2) is 14.3 Å². The number of carbonyl (C=O) groups is 1. The molecule has 0 atom stereocenters. The molecule has 0 spiro atoms. The maximum Gasteiger partial charge on any atom is 0.416 e. The summed E-state index contributed by atoms with van der Waals surface area (Å²) in [5, 5.41) is 10.1. The molecule has 0 bridgehead atoms. The highest BCUT2D eigenvalue weighted by Crippen LogP contribution is 2.37. The second kappa shape index (κ2) is 10.6. The van der Waals surface area contributed by atoms with Crippen molar-refractivity contribution in [2.45, 2.75) is 37.6 Å². The van der Waals surface area contributed by atoms with Crippen LogP contribution in [0.25, 0.3) is 11.4 Å². The summed E-state index contributed by atoms with van der Waals surface area (Å²) in [7, 11) is 0. The Kier molecular flexibility index (Phi) is 7.04. The number of hydrogen-bond acceptors (Lipinski definition) is 3. The van der Waals surface area contributed by atoms with E-state index in [9.17, 15) is 22.8 Å². The Morgan fingerprint density at radius 2 is 1.58 bits per heavy atom. The molecule has 10 heteroatoms. The number of nitrogens with one attached hydrogen (secondary N) is 2. The molecule has 1 fully saturated rings. The zero-order valence-electron chi connectivity index (χ0n) is 20.4. The van der Waals surface area contributed by atoms with E-state index in [4.69, 9.17) is 0 Å². The third-order valence-electron chi connectivity index (χ3n) is 6.38. The molecule has 2 N–H and O–H groups in total. The van der Waals surface area contributed by atoms with Crippen molar-refractivity contribution < 1.29 is 18.0 Å². The van der Waals surface area contributed by atoms with E-state index in [0.29, 0.717) is 0 Å². The van der Waals surface area contributed by atoms with Crippen molar-refractivity contribution in [2.24, 2.45) is 0 Å². The molecule has 2 amide bonds. The molecule has 1 saturated carbocycles. The van der Waals surface area contributed by atoms with Crippen LogP contribution in [0.15, 0.2) is 89.7 Å². The van der Waals surface area contributed by atoms with Crippen molar-refractivity contribution in [2.75, 3.05) is 6.54 Å². The molecule has 0 unspecified atom stereocenters. The van der Waals surface area contributed by atoms with Gasteiger partial charge in [0.2, 0.25) is 0 Å². The van der Waals surface area contributed by atoms with E-state index in [-0.39, 0.29) is 36.6 Å². The second-order valence-corrected chi connectivity index (χ2v) is 9.16. The molecule has 0 radical (unpaired) electrons. The Labute approximate surface area is 216 Å². The minimum absolute atomic E-state index is 0.0687. The van der Waals surface area contributed by atoms with Crippen LogP contribution in [-0.4, -0.2) is 26.9 Å². The van der Waals surface area contributed by atoms with Gasteiger partial charge in [-0.3, -0.25) is 4.57 Å². The summed E-state index contributed by atoms with van der Waals surface area (Å²) in [5.74, 6) is 0.196. The van der Waals surface area contributed by atoms with Gasteiger partial charge >= 0.3 is 17.9 Å². The average molecular weight is 522 g/mol. The summed E-state index contributed by atoms with van der Waals surface area (Å²) < 4.78 is 42.4. The largest absolute Gasteiger partial charge is 0.416 e. The van der Waals surface area contributed by atoms with Gasteiger partial charge in [0, 0.05) is 18.2 Å². The Hall–Kier alpha value is -4.34. The lowest BCUT2D eigenvalue weighted by molar-refractivity contribution is -0.137. The van der Waals surface area contributed by atoms with Gasteiger partial charge in [0.05, 0.1) is 18.2 Å². The SMILES string of the molecule is O=C(NCCn1nc(-c2cccc(C(F)(F)F)c2)n(C2CC2)c1=O)NC(c1ccccc1)c1ccccc1. The van der Waals surface area contributed by atoms with Crippen LogP contribution in [0.2, 0.25) is 0 Å². The maximum atomic E-state index is 13.2. The van der Waals surface area contributed by atoms with Crippen molar-refractivity contribution in [1.82, 2.24) is 25.0 Å². The highest BCUT2D eigenvalue weighted by atomic mass is 19.4. The van der Waals surface area contributed by atoms with Crippen LogP contribution >= 0.6 is 0 Å². The van der Waals surface area contributed by atoms with E-state index >= 15 is 0 Å². The highest BCUT2D eigenvalue weighted by molar-refractivity contribution is 5.75. The van der Waals surface area contributed by atoms with Crippen LogP contribution in [-0.2, 0) is 12.7 Å². The summed E-state index contributed by atoms with van der Waals surface area (Å²) in [4.78, 5) is 25.8. The van der Waals surface area contributed by atoms with E-state index in [1.54, 1.807) is 0 Å². The Morgan fingerprint density at radius 1 is 0.947 bits per heavy atom. The zero-order valence-corrected chi connectivity index (χ0v) is 20.4. The molecule has 1 aliphatic rings. The maximum absolute atomic E-state index is 13.2. The molecule has 196 valence electrons. The van der Waals surface area contributed by atoms with Crippen LogP contribution in [0, 0.1) is 0 Å². The van der Waals surface area contributed by atoms with Gasteiger partial charge < -0.3 is 10.6 Å². The van der Waals surface area contributed by atoms with Gasteiger partial charge in [0.25, 0.3) is 0 Å². The monoisotopic (exact) mass is 521 g/mol. The lowest BCUT2D eigenvalue weighted by Crippen LogP contribution is -2.40. The van der Waals surface area contributed by atoms with Crippen LogP contribution in [0.4, 0.5) is 18.0 Å². The van der Waals surface area contributed by atoms with Crippen molar-refractivity contribution in [1.29, 1.82) is 0 Å². The number of carbonyl (C=O) groups excluding carboxylic acids is 1. The first kappa shape index (κ1) is 25.3. The van der Waals surface area contributed by atoms with Gasteiger partial charge in [-0.1, -0.05) is 72.8 Å². The van der Waals surface area contributed by atoms with E-state index in [0.717, 1.165) is 36.1 Å². The number of nitrogens with zero attached hydrogens (tertiary/aromatic N) is 3. The van der Waals surface area contributed by atoms with Gasteiger partial charge in [-0.15, -0.1) is 5.10 Å². The number of alkyl halides is 3. The van der Waals surface area contributed by atoms with Crippen LogP contribution < -0.4 is 16.3 Å². The first-order valence-electron chi connectivity index (χ1n) is 12.3. The summed E-state index contributed by atoms with van der Waals surface area (Å²) in [6, 6.07) is 23.0. The molecule has 0 saturated heterocycles. The second-order valence-electron chi connectivity index (χ2n) is 9.16. The standard InChI is InChI=1S/C28H26F3N5O2/c29-28(30,31)22-13-7-12-21(18-22)25-34-35(27(38)36(25)23-14-15-23)17-16-32-26(37)33-24(19-8-3-1-4-9-19)20-10-5-2-6-11-20/h1-13,18,23-24H,14-17H2,(H2,32,33,37). The van der Waals surface area contributed by atoms with Crippen molar-refractivity contribution in [3.63, 3.8) is 0 Å². The molecule has 4 aromatic rings. The first-order chi connectivity index (χ1) is 18.3. The van der Waals surface area contributed by atoms with Crippen LogP contribution in [0.5, 0.6) is 0 Å². The molecule has 1 aliphatic carbocycles. The van der Waals surface area contributed by atoms with Crippen molar-refractivity contribution in [3.05, 3.63) is 112 Å². The minimum atomic E-state index is -4.50. The number of hydrogen-bond donors (Lipinski definition) is 2. The Balaban J connectivity index is 1.30. The molecule has 0 aliphatic heterocycles. The lowest BCUT2D eigenvalue weighted by atomic mass is 9.99. The van der Waals surface area contributed by atoms with E-state index in [2.05, 4.69) is 15.7 Å². The van der Waals surface area contributed by atoms with Crippen molar-refractivity contribution in [3.8, 4) is 11.4 Å².